The number of hydrogen-bond donors (Lipinski definition) is 1. The Bertz CT molecular complexity index is 435. The maximum Gasteiger partial charge on any atom is 0.234 e. The van der Waals surface area contributed by atoms with E-state index in [1.54, 1.807) is 0 Å². The molecule has 3 heteroatoms. The predicted molar refractivity (Wildman–Crippen MR) is 78.2 cm³/mol. The lowest BCUT2D eigenvalue weighted by Crippen LogP contribution is -2.28. The topological polar surface area (TPSA) is 46.2 Å². The molecule has 0 aliphatic heterocycles. The van der Waals surface area contributed by atoms with Crippen LogP contribution in [0.15, 0.2) is 24.3 Å². The molecule has 1 N–H and O–H groups in total. The molecule has 0 aliphatic carbocycles. The molecule has 19 heavy (non-hydrogen) atoms. The first-order chi connectivity index (χ1) is 8.95. The quantitative estimate of drug-likeness (QED) is 0.793. The molecular weight excluding hydrogens is 238 g/mol. The van der Waals surface area contributed by atoms with Gasteiger partial charge in [0, 0.05) is 5.69 Å². The number of benzene rings is 1. The number of ketones is 1. The molecule has 0 spiro atoms. The molecule has 3 nitrogen and oxygen atoms in total. The molecule has 1 aromatic carbocycles. The second-order valence-corrected chi connectivity index (χ2v) is 5.22. The first-order valence-electron chi connectivity index (χ1n) is 6.87. The zero-order valence-corrected chi connectivity index (χ0v) is 12.2. The summed E-state index contributed by atoms with van der Waals surface area (Å²) in [5.74, 6) is -0.339. The van der Waals surface area contributed by atoms with E-state index < -0.39 is 5.92 Å². The van der Waals surface area contributed by atoms with Gasteiger partial charge in [-0.3, -0.25) is 9.59 Å². The maximum absolute atomic E-state index is 12.0. The largest absolute Gasteiger partial charge is 0.325 e. The molecule has 1 unspecified atom stereocenters. The average Bonchev–Trinajstić information content (AvgIpc) is 2.36. The van der Waals surface area contributed by atoms with Gasteiger partial charge in [0.25, 0.3) is 0 Å². The summed E-state index contributed by atoms with van der Waals surface area (Å²) in [7, 11) is 0. The van der Waals surface area contributed by atoms with E-state index in [2.05, 4.69) is 19.2 Å². The zero-order valence-electron chi connectivity index (χ0n) is 12.2. The first-order valence-corrected chi connectivity index (χ1v) is 6.87. The summed E-state index contributed by atoms with van der Waals surface area (Å²) >= 11 is 0. The van der Waals surface area contributed by atoms with Crippen LogP contribution >= 0.6 is 0 Å². The number of nitrogens with one attached hydrogen (secondary N) is 1. The third-order valence-electron chi connectivity index (χ3n) is 3.23. The number of hydrogen-bond acceptors (Lipinski definition) is 2. The van der Waals surface area contributed by atoms with Crippen LogP contribution < -0.4 is 5.32 Å². The summed E-state index contributed by atoms with van der Waals surface area (Å²) in [5.41, 5.74) is 1.98. The third-order valence-corrected chi connectivity index (χ3v) is 3.23. The van der Waals surface area contributed by atoms with Gasteiger partial charge >= 0.3 is 0 Å². The normalized spacial score (nSPS) is 12.3. The molecule has 1 aromatic rings. The van der Waals surface area contributed by atoms with Gasteiger partial charge in [0.05, 0.1) is 5.92 Å². The molecule has 0 radical (unpaired) electrons. The van der Waals surface area contributed by atoms with Crippen LogP contribution in [0.3, 0.4) is 0 Å². The predicted octanol–water partition coefficient (Wildman–Crippen LogP) is 3.75. The number of carbonyl (C=O) groups excluding carboxylic acids is 2. The standard InChI is InChI=1S/C16H23NO2/c1-5-6-15(12(4)18)16(19)17-14-9-7-13(8-10-14)11(2)3/h7-11,15H,5-6H2,1-4H3,(H,17,19). The number of carbonyl (C=O) groups is 2. The Balaban J connectivity index is 2.72. The van der Waals surface area contributed by atoms with Crippen molar-refractivity contribution in [3.8, 4) is 0 Å². The second-order valence-electron chi connectivity index (χ2n) is 5.22. The Morgan fingerprint density at radius 3 is 2.16 bits per heavy atom. The fourth-order valence-corrected chi connectivity index (χ4v) is 1.99. The number of anilines is 1. The Morgan fingerprint density at radius 2 is 1.74 bits per heavy atom. The highest BCUT2D eigenvalue weighted by Crippen LogP contribution is 2.18. The van der Waals surface area contributed by atoms with E-state index in [0.717, 1.165) is 12.1 Å². The van der Waals surface area contributed by atoms with E-state index in [0.29, 0.717) is 12.3 Å². The third kappa shape index (κ3) is 4.51. The maximum atomic E-state index is 12.0. The SMILES string of the molecule is CCCC(C(C)=O)C(=O)Nc1ccc(C(C)C)cc1. The monoisotopic (exact) mass is 261 g/mol. The minimum absolute atomic E-state index is 0.0712. The van der Waals surface area contributed by atoms with Gasteiger partial charge < -0.3 is 5.32 Å². The Kier molecular flexibility index (Phi) is 5.74. The van der Waals surface area contributed by atoms with Crippen LogP contribution in [0, 0.1) is 5.92 Å². The van der Waals surface area contributed by atoms with Crippen LogP contribution in [0.5, 0.6) is 0 Å². The minimum atomic E-state index is -0.533. The molecule has 0 saturated heterocycles. The van der Waals surface area contributed by atoms with Gasteiger partial charge in [0.1, 0.15) is 5.78 Å². The zero-order chi connectivity index (χ0) is 14.4. The van der Waals surface area contributed by atoms with Crippen molar-refractivity contribution in [1.82, 2.24) is 0 Å². The summed E-state index contributed by atoms with van der Waals surface area (Å²) in [6.07, 6.45) is 1.43. The highest BCUT2D eigenvalue weighted by molar-refractivity contribution is 6.06. The van der Waals surface area contributed by atoms with Crippen LogP contribution in [0.4, 0.5) is 5.69 Å². The lowest BCUT2D eigenvalue weighted by Gasteiger charge is -2.13. The van der Waals surface area contributed by atoms with Crippen molar-refractivity contribution in [2.75, 3.05) is 5.32 Å². The van der Waals surface area contributed by atoms with E-state index in [4.69, 9.17) is 0 Å². The lowest BCUT2D eigenvalue weighted by atomic mass is 9.98. The van der Waals surface area contributed by atoms with E-state index in [9.17, 15) is 9.59 Å². The molecule has 0 aliphatic rings. The van der Waals surface area contributed by atoms with Gasteiger partial charge in [-0.05, 0) is 37.0 Å². The van der Waals surface area contributed by atoms with Crippen molar-refractivity contribution in [2.24, 2.45) is 5.92 Å². The molecule has 0 aromatic heterocycles. The van der Waals surface area contributed by atoms with Crippen molar-refractivity contribution in [3.63, 3.8) is 0 Å². The molecule has 104 valence electrons. The summed E-state index contributed by atoms with van der Waals surface area (Å²) in [6, 6.07) is 7.78. The van der Waals surface area contributed by atoms with Crippen LogP contribution in [0.1, 0.15) is 52.0 Å². The molecule has 0 saturated carbocycles. The molecule has 0 fully saturated rings. The van der Waals surface area contributed by atoms with Crippen LogP contribution in [0.2, 0.25) is 0 Å². The van der Waals surface area contributed by atoms with E-state index in [1.165, 1.54) is 12.5 Å². The van der Waals surface area contributed by atoms with Crippen molar-refractivity contribution in [1.29, 1.82) is 0 Å². The fraction of sp³-hybridized carbons (Fsp3) is 0.500. The van der Waals surface area contributed by atoms with Crippen molar-refractivity contribution >= 4 is 17.4 Å². The molecule has 1 atom stereocenters. The Morgan fingerprint density at radius 1 is 1.16 bits per heavy atom. The molecule has 0 bridgehead atoms. The summed E-state index contributed by atoms with van der Waals surface area (Å²) in [4.78, 5) is 23.5. The highest BCUT2D eigenvalue weighted by atomic mass is 16.2. The summed E-state index contributed by atoms with van der Waals surface area (Å²) in [6.45, 7) is 7.70. The van der Waals surface area contributed by atoms with Gasteiger partial charge in [-0.15, -0.1) is 0 Å². The molecule has 1 rings (SSSR count). The Hall–Kier alpha value is -1.64. The van der Waals surface area contributed by atoms with Crippen LogP contribution in [-0.2, 0) is 9.59 Å². The number of rotatable bonds is 6. The minimum Gasteiger partial charge on any atom is -0.325 e. The van der Waals surface area contributed by atoms with Crippen molar-refractivity contribution in [2.45, 2.75) is 46.5 Å². The lowest BCUT2D eigenvalue weighted by molar-refractivity contribution is -0.130. The van der Waals surface area contributed by atoms with Crippen molar-refractivity contribution in [3.05, 3.63) is 29.8 Å². The molecule has 1 amide bonds. The average molecular weight is 261 g/mol. The summed E-state index contributed by atoms with van der Waals surface area (Å²) in [5, 5.41) is 2.81. The van der Waals surface area contributed by atoms with Crippen LogP contribution in [0.25, 0.3) is 0 Å². The van der Waals surface area contributed by atoms with E-state index >= 15 is 0 Å². The van der Waals surface area contributed by atoms with Crippen molar-refractivity contribution < 1.29 is 9.59 Å². The van der Waals surface area contributed by atoms with Crippen LogP contribution in [-0.4, -0.2) is 11.7 Å². The van der Waals surface area contributed by atoms with E-state index in [1.807, 2.05) is 31.2 Å². The summed E-state index contributed by atoms with van der Waals surface area (Å²) < 4.78 is 0. The first kappa shape index (κ1) is 15.4. The smallest absolute Gasteiger partial charge is 0.234 e. The van der Waals surface area contributed by atoms with Gasteiger partial charge in [0.15, 0.2) is 0 Å². The fourth-order valence-electron chi connectivity index (χ4n) is 1.99. The highest BCUT2D eigenvalue weighted by Gasteiger charge is 2.22. The number of Topliss-reactive ketones (excluding diaryl/α,β-unsaturated/α-hetero) is 1. The van der Waals surface area contributed by atoms with Gasteiger partial charge in [-0.2, -0.15) is 0 Å². The molecule has 0 heterocycles. The second kappa shape index (κ2) is 7.07. The van der Waals surface area contributed by atoms with Gasteiger partial charge in [-0.25, -0.2) is 0 Å². The van der Waals surface area contributed by atoms with E-state index in [-0.39, 0.29) is 11.7 Å². The van der Waals surface area contributed by atoms with Gasteiger partial charge in [0.2, 0.25) is 5.91 Å². The van der Waals surface area contributed by atoms with Gasteiger partial charge in [-0.1, -0.05) is 39.3 Å². The molecular formula is C16H23NO2. The Labute approximate surface area is 115 Å². The number of amides is 1.